The summed E-state index contributed by atoms with van der Waals surface area (Å²) in [5, 5.41) is 9.95. The first kappa shape index (κ1) is 27.6. The summed E-state index contributed by atoms with van der Waals surface area (Å²) >= 11 is 0. The molecule has 0 radical (unpaired) electrons. The fraction of sp³-hybridized carbons (Fsp3) is 0.457. The Kier molecular flexibility index (Phi) is 7.02. The lowest BCUT2D eigenvalue weighted by molar-refractivity contribution is 0.0589. The van der Waals surface area contributed by atoms with Crippen molar-refractivity contribution in [2.24, 2.45) is 11.3 Å². The number of nitrogens with zero attached hydrogens (tertiary/aromatic N) is 6. The van der Waals surface area contributed by atoms with Crippen molar-refractivity contribution >= 4 is 27.8 Å². The number of nitrogens with one attached hydrogen (secondary N) is 2. The van der Waals surface area contributed by atoms with Gasteiger partial charge in [-0.25, -0.2) is 9.97 Å². The molecule has 9 nitrogen and oxygen atoms in total. The molecular weight excluding hydrogens is 548 g/mol. The topological polar surface area (TPSA) is 89.2 Å². The molecular formula is C35H42N8O. The average molecular weight is 591 g/mol. The molecule has 3 aliphatic rings. The van der Waals surface area contributed by atoms with Crippen molar-refractivity contribution in [1.82, 2.24) is 34.9 Å². The van der Waals surface area contributed by atoms with E-state index in [9.17, 15) is 0 Å². The molecule has 9 heteroatoms. The summed E-state index contributed by atoms with van der Waals surface area (Å²) < 4.78 is 6.41. The highest BCUT2D eigenvalue weighted by atomic mass is 16.5. The number of hydrogen-bond donors (Lipinski definition) is 2. The number of pyridine rings is 2. The number of ether oxygens (including phenoxy) is 1. The number of rotatable bonds is 7. The van der Waals surface area contributed by atoms with Crippen LogP contribution in [0.3, 0.4) is 0 Å². The Hall–Kier alpha value is -3.95. The molecule has 44 heavy (non-hydrogen) atoms. The SMILES string of the molecule is CC(Oc1ccc2[nH]nc(-c3ccc(N4CC5(CCN(CC6CCN(C)CC6)CC5)C4)nc3)c2c1)c1ccnc2[nH]ccc12. The van der Waals surface area contributed by atoms with Crippen molar-refractivity contribution in [3.63, 3.8) is 0 Å². The maximum atomic E-state index is 6.41. The van der Waals surface area contributed by atoms with Gasteiger partial charge in [-0.15, -0.1) is 0 Å². The number of hydrogen-bond acceptors (Lipinski definition) is 7. The van der Waals surface area contributed by atoms with Crippen LogP contribution in [0.5, 0.6) is 5.75 Å². The molecule has 4 aromatic heterocycles. The molecule has 1 unspecified atom stereocenters. The largest absolute Gasteiger partial charge is 0.486 e. The van der Waals surface area contributed by atoms with Crippen LogP contribution < -0.4 is 9.64 Å². The van der Waals surface area contributed by atoms with Gasteiger partial charge in [-0.05, 0) is 114 Å². The van der Waals surface area contributed by atoms with Crippen LogP contribution >= 0.6 is 0 Å². The van der Waals surface area contributed by atoms with Gasteiger partial charge in [-0.2, -0.15) is 5.10 Å². The predicted molar refractivity (Wildman–Crippen MR) is 175 cm³/mol. The lowest BCUT2D eigenvalue weighted by atomic mass is 9.72. The van der Waals surface area contributed by atoms with Gasteiger partial charge in [-0.1, -0.05) is 0 Å². The second-order valence-electron chi connectivity index (χ2n) is 13.5. The molecule has 228 valence electrons. The van der Waals surface area contributed by atoms with E-state index in [1.807, 2.05) is 42.9 Å². The highest BCUT2D eigenvalue weighted by Crippen LogP contribution is 2.43. The van der Waals surface area contributed by atoms with Gasteiger partial charge in [0.25, 0.3) is 0 Å². The molecule has 2 N–H and O–H groups in total. The van der Waals surface area contributed by atoms with Crippen LogP contribution in [-0.2, 0) is 0 Å². The highest BCUT2D eigenvalue weighted by Gasteiger charge is 2.45. The fourth-order valence-corrected chi connectivity index (χ4v) is 7.67. The zero-order valence-electron chi connectivity index (χ0n) is 25.8. The minimum Gasteiger partial charge on any atom is -0.486 e. The average Bonchev–Trinajstić information content (AvgIpc) is 3.69. The van der Waals surface area contributed by atoms with Crippen LogP contribution in [0, 0.1) is 11.3 Å². The second-order valence-corrected chi connectivity index (χ2v) is 13.5. The molecule has 0 aliphatic carbocycles. The fourth-order valence-electron chi connectivity index (χ4n) is 7.67. The van der Waals surface area contributed by atoms with Crippen molar-refractivity contribution in [3.05, 3.63) is 66.6 Å². The Balaban J connectivity index is 0.901. The highest BCUT2D eigenvalue weighted by molar-refractivity contribution is 5.93. The monoisotopic (exact) mass is 590 g/mol. The standard InChI is InChI=1S/C35H42N8O/c1-24(28-7-13-36-34-29(28)8-14-37-34)44-27-4-5-31-30(19-27)33(40-39-31)26-3-6-32(38-20-26)43-22-35(23-43)11-17-42(18-12-35)21-25-9-15-41(2)16-10-25/h3-8,13-14,19-20,24-25H,9-12,15-18,21-23H2,1-2H3,(H,36,37)(H,39,40). The number of likely N-dealkylation sites (tertiary alicyclic amines) is 2. The second kappa shape index (κ2) is 11.2. The van der Waals surface area contributed by atoms with Crippen molar-refractivity contribution in [3.8, 4) is 17.0 Å². The van der Waals surface area contributed by atoms with Gasteiger partial charge < -0.3 is 24.4 Å². The molecule has 1 aromatic carbocycles. The third-order valence-electron chi connectivity index (χ3n) is 10.4. The van der Waals surface area contributed by atoms with E-state index in [0.717, 1.165) is 69.3 Å². The van der Waals surface area contributed by atoms with Gasteiger partial charge in [0, 0.05) is 65.5 Å². The molecule has 0 bridgehead atoms. The van der Waals surface area contributed by atoms with Crippen molar-refractivity contribution in [2.75, 3.05) is 57.8 Å². The molecule has 1 atom stereocenters. The van der Waals surface area contributed by atoms with E-state index in [-0.39, 0.29) is 6.10 Å². The summed E-state index contributed by atoms with van der Waals surface area (Å²) in [5.41, 5.74) is 5.33. The molecule has 7 heterocycles. The van der Waals surface area contributed by atoms with Crippen LogP contribution in [-0.4, -0.2) is 87.8 Å². The Labute approximate surface area is 258 Å². The first-order chi connectivity index (χ1) is 21.5. The Morgan fingerprint density at radius 3 is 2.61 bits per heavy atom. The number of piperidine rings is 2. The smallest absolute Gasteiger partial charge is 0.137 e. The summed E-state index contributed by atoms with van der Waals surface area (Å²) in [6.07, 6.45) is 10.9. The number of aromatic nitrogens is 5. The van der Waals surface area contributed by atoms with E-state index < -0.39 is 0 Å². The minimum atomic E-state index is -0.128. The van der Waals surface area contributed by atoms with Crippen LogP contribution in [0.15, 0.2) is 61.1 Å². The van der Waals surface area contributed by atoms with Crippen molar-refractivity contribution in [2.45, 2.75) is 38.7 Å². The third kappa shape index (κ3) is 5.22. The summed E-state index contributed by atoms with van der Waals surface area (Å²) in [6, 6.07) is 14.5. The lowest BCUT2D eigenvalue weighted by Gasteiger charge is -2.54. The normalized spacial score (nSPS) is 20.4. The molecule has 3 fully saturated rings. The summed E-state index contributed by atoms with van der Waals surface area (Å²) in [5.74, 6) is 2.76. The molecule has 3 aliphatic heterocycles. The zero-order chi connectivity index (χ0) is 29.7. The lowest BCUT2D eigenvalue weighted by Crippen LogP contribution is -2.61. The van der Waals surface area contributed by atoms with Gasteiger partial charge in [0.15, 0.2) is 0 Å². The van der Waals surface area contributed by atoms with E-state index in [1.54, 1.807) is 0 Å². The molecule has 8 rings (SSSR count). The Bertz CT molecular complexity index is 1740. The van der Waals surface area contributed by atoms with Crippen LogP contribution in [0.2, 0.25) is 0 Å². The Morgan fingerprint density at radius 2 is 1.82 bits per heavy atom. The van der Waals surface area contributed by atoms with E-state index >= 15 is 0 Å². The maximum Gasteiger partial charge on any atom is 0.137 e. The third-order valence-corrected chi connectivity index (χ3v) is 10.4. The van der Waals surface area contributed by atoms with Gasteiger partial charge in [0.1, 0.15) is 29.0 Å². The molecule has 1 spiro atoms. The van der Waals surface area contributed by atoms with Gasteiger partial charge in [0.05, 0.1) is 5.52 Å². The van der Waals surface area contributed by atoms with E-state index in [1.165, 1.54) is 58.4 Å². The minimum absolute atomic E-state index is 0.128. The van der Waals surface area contributed by atoms with Gasteiger partial charge in [-0.3, -0.25) is 5.10 Å². The number of anilines is 1. The van der Waals surface area contributed by atoms with E-state index in [4.69, 9.17) is 9.72 Å². The van der Waals surface area contributed by atoms with Crippen LogP contribution in [0.25, 0.3) is 33.2 Å². The van der Waals surface area contributed by atoms with Crippen LogP contribution in [0.4, 0.5) is 5.82 Å². The molecule has 0 saturated carbocycles. The van der Waals surface area contributed by atoms with Crippen molar-refractivity contribution < 1.29 is 4.74 Å². The first-order valence-electron chi connectivity index (χ1n) is 16.2. The number of fused-ring (bicyclic) bond motifs is 2. The number of benzene rings is 1. The predicted octanol–water partition coefficient (Wildman–Crippen LogP) is 5.89. The number of H-pyrrole nitrogens is 2. The summed E-state index contributed by atoms with van der Waals surface area (Å²) in [6.45, 7) is 10.6. The van der Waals surface area contributed by atoms with E-state index in [0.29, 0.717) is 5.41 Å². The van der Waals surface area contributed by atoms with Crippen LogP contribution in [0.1, 0.15) is 44.3 Å². The number of aromatic amines is 2. The van der Waals surface area contributed by atoms with E-state index in [2.05, 4.69) is 67.0 Å². The molecule has 0 amide bonds. The quantitative estimate of drug-likeness (QED) is 0.245. The first-order valence-corrected chi connectivity index (χ1v) is 16.2. The zero-order valence-corrected chi connectivity index (χ0v) is 25.8. The summed E-state index contributed by atoms with van der Waals surface area (Å²) in [4.78, 5) is 20.1. The summed E-state index contributed by atoms with van der Waals surface area (Å²) in [7, 11) is 2.25. The molecule has 3 saturated heterocycles. The Morgan fingerprint density at radius 1 is 0.977 bits per heavy atom. The maximum absolute atomic E-state index is 6.41. The van der Waals surface area contributed by atoms with Gasteiger partial charge in [0.2, 0.25) is 0 Å². The molecule has 5 aromatic rings. The van der Waals surface area contributed by atoms with Gasteiger partial charge >= 0.3 is 0 Å². The van der Waals surface area contributed by atoms with Crippen molar-refractivity contribution in [1.29, 1.82) is 0 Å².